The van der Waals surface area contributed by atoms with Crippen LogP contribution in [0.5, 0.6) is 11.6 Å². The first-order valence-corrected chi connectivity index (χ1v) is 12.5. The van der Waals surface area contributed by atoms with E-state index in [4.69, 9.17) is 4.74 Å². The van der Waals surface area contributed by atoms with Gasteiger partial charge in [0.15, 0.2) is 0 Å². The Labute approximate surface area is 220 Å². The van der Waals surface area contributed by atoms with Gasteiger partial charge < -0.3 is 20.3 Å². The zero-order valence-electron chi connectivity index (χ0n) is 19.8. The molecule has 0 aromatic carbocycles. The fraction of sp³-hybridized carbons (Fsp3) is 0.160. The number of rotatable bonds is 6. The van der Waals surface area contributed by atoms with Gasteiger partial charge in [0.1, 0.15) is 21.3 Å². The number of likely N-dealkylation sites (tertiary alicyclic amines) is 1. The van der Waals surface area contributed by atoms with Gasteiger partial charge in [0.2, 0.25) is 11.8 Å². The number of hydrogen-bond acceptors (Lipinski definition) is 9. The van der Waals surface area contributed by atoms with Crippen molar-refractivity contribution in [2.45, 2.75) is 12.5 Å². The highest BCUT2D eigenvalue weighted by Gasteiger charge is 2.34. The van der Waals surface area contributed by atoms with Crippen LogP contribution in [0.4, 0.5) is 22.0 Å². The van der Waals surface area contributed by atoms with Crippen molar-refractivity contribution in [1.29, 1.82) is 0 Å². The molecule has 6 heterocycles. The van der Waals surface area contributed by atoms with E-state index in [1.165, 1.54) is 28.5 Å². The summed E-state index contributed by atoms with van der Waals surface area (Å²) in [5.41, 5.74) is 0.967. The molecule has 4 amide bonds. The minimum Gasteiger partial charge on any atom is -0.436 e. The highest BCUT2D eigenvalue weighted by molar-refractivity contribution is 7.21. The molecule has 2 N–H and O–H groups in total. The smallest absolute Gasteiger partial charge is 0.332 e. The van der Waals surface area contributed by atoms with Gasteiger partial charge in [-0.3, -0.25) is 9.59 Å². The molecule has 4 aromatic rings. The van der Waals surface area contributed by atoms with E-state index in [2.05, 4.69) is 37.4 Å². The van der Waals surface area contributed by atoms with Gasteiger partial charge in [-0.1, -0.05) is 6.58 Å². The number of aromatic nitrogens is 4. The van der Waals surface area contributed by atoms with Crippen LogP contribution < -0.4 is 20.3 Å². The third-order valence-electron chi connectivity index (χ3n) is 6.18. The third-order valence-corrected chi connectivity index (χ3v) is 7.28. The highest BCUT2D eigenvalue weighted by Crippen LogP contribution is 2.45. The van der Waals surface area contributed by atoms with Crippen molar-refractivity contribution in [3.63, 3.8) is 0 Å². The summed E-state index contributed by atoms with van der Waals surface area (Å²) in [5, 5.41) is 14.1. The SMILES string of the molecule is C=CC(=O)N1CC[C@@H](NC(=O)c2sc3nccc4c3c2NC(=O)N4c2ccc(Oc3cccnn3)cn2)C1. The zero-order chi connectivity index (χ0) is 26.2. The summed E-state index contributed by atoms with van der Waals surface area (Å²) in [4.78, 5) is 51.2. The number of amides is 4. The van der Waals surface area contributed by atoms with Crippen molar-refractivity contribution in [2.24, 2.45) is 0 Å². The third kappa shape index (κ3) is 4.18. The summed E-state index contributed by atoms with van der Waals surface area (Å²) in [6.45, 7) is 4.46. The van der Waals surface area contributed by atoms with Gasteiger partial charge in [-0.2, -0.15) is 5.10 Å². The number of carbonyl (C=O) groups excluding carboxylic acids is 3. The Hall–Kier alpha value is -4.91. The van der Waals surface area contributed by atoms with Crippen LogP contribution in [0, 0.1) is 0 Å². The van der Waals surface area contributed by atoms with E-state index >= 15 is 0 Å². The molecule has 12 nitrogen and oxygen atoms in total. The summed E-state index contributed by atoms with van der Waals surface area (Å²) in [6.07, 6.45) is 6.52. The lowest BCUT2D eigenvalue weighted by Gasteiger charge is -2.27. The van der Waals surface area contributed by atoms with Crippen LogP contribution in [-0.4, -0.2) is 62.0 Å². The Morgan fingerprint density at radius 3 is 2.87 bits per heavy atom. The van der Waals surface area contributed by atoms with Crippen molar-refractivity contribution in [1.82, 2.24) is 30.4 Å². The average molecular weight is 529 g/mol. The number of hydrogen-bond donors (Lipinski definition) is 2. The van der Waals surface area contributed by atoms with Gasteiger partial charge in [-0.25, -0.2) is 19.7 Å². The molecule has 0 bridgehead atoms. The first-order valence-electron chi connectivity index (χ1n) is 11.7. The normalized spacial score (nSPS) is 16.3. The van der Waals surface area contributed by atoms with E-state index in [0.29, 0.717) is 63.4 Å². The van der Waals surface area contributed by atoms with Crippen molar-refractivity contribution in [2.75, 3.05) is 23.3 Å². The Bertz CT molecular complexity index is 1570. The lowest BCUT2D eigenvalue weighted by molar-refractivity contribution is -0.125. The summed E-state index contributed by atoms with van der Waals surface area (Å²) >= 11 is 1.19. The molecule has 1 saturated heterocycles. The zero-order valence-corrected chi connectivity index (χ0v) is 20.6. The summed E-state index contributed by atoms with van der Waals surface area (Å²) in [7, 11) is 0. The van der Waals surface area contributed by atoms with Crippen molar-refractivity contribution >= 4 is 56.6 Å². The maximum absolute atomic E-state index is 13.3. The van der Waals surface area contributed by atoms with E-state index in [1.54, 1.807) is 47.6 Å². The van der Waals surface area contributed by atoms with Crippen LogP contribution in [0.25, 0.3) is 10.2 Å². The quantitative estimate of drug-likeness (QED) is 0.362. The first kappa shape index (κ1) is 23.5. The molecule has 0 unspecified atom stereocenters. The van der Waals surface area contributed by atoms with Crippen LogP contribution in [-0.2, 0) is 4.79 Å². The molecule has 4 aromatic heterocycles. The highest BCUT2D eigenvalue weighted by atomic mass is 32.1. The van der Waals surface area contributed by atoms with Gasteiger partial charge >= 0.3 is 6.03 Å². The van der Waals surface area contributed by atoms with Crippen LogP contribution in [0.1, 0.15) is 16.1 Å². The van der Waals surface area contributed by atoms with E-state index in [0.717, 1.165) is 0 Å². The van der Waals surface area contributed by atoms with E-state index < -0.39 is 6.03 Å². The van der Waals surface area contributed by atoms with Crippen molar-refractivity contribution in [3.8, 4) is 11.6 Å². The maximum Gasteiger partial charge on any atom is 0.332 e. The molecular formula is C25H20N8O4S. The molecule has 0 radical (unpaired) electrons. The summed E-state index contributed by atoms with van der Waals surface area (Å²) < 4.78 is 5.64. The molecule has 190 valence electrons. The summed E-state index contributed by atoms with van der Waals surface area (Å²) in [5.74, 6) is 0.621. The molecular weight excluding hydrogens is 508 g/mol. The van der Waals surface area contributed by atoms with E-state index in [-0.39, 0.29) is 17.9 Å². The van der Waals surface area contributed by atoms with E-state index in [1.807, 2.05) is 0 Å². The largest absolute Gasteiger partial charge is 0.436 e. The minimum atomic E-state index is -0.462. The van der Waals surface area contributed by atoms with Gasteiger partial charge in [0, 0.05) is 37.6 Å². The molecule has 13 heteroatoms. The average Bonchev–Trinajstić information content (AvgIpc) is 3.55. The second-order valence-corrected chi connectivity index (χ2v) is 9.54. The minimum absolute atomic E-state index is 0.165. The lowest BCUT2D eigenvalue weighted by Crippen LogP contribution is -2.39. The standard InChI is InChI=1S/C25H20N8O4S/c1-2-19(34)32-11-8-14(13-32)29-23(35)22-21-20-16(7-10-26-24(20)38-22)33(25(36)30-21)17-6-5-15(12-27-17)37-18-4-3-9-28-31-18/h2-7,9-10,12,14H,1,8,11,13H2,(H,29,35)(H,30,36)/t14-/m1/s1. The van der Waals surface area contributed by atoms with Gasteiger partial charge in [-0.15, -0.1) is 16.4 Å². The predicted molar refractivity (Wildman–Crippen MR) is 140 cm³/mol. The number of nitrogens with one attached hydrogen (secondary N) is 2. The first-order chi connectivity index (χ1) is 18.5. The lowest BCUT2D eigenvalue weighted by atomic mass is 10.1. The molecule has 2 aliphatic rings. The van der Waals surface area contributed by atoms with Crippen LogP contribution in [0.2, 0.25) is 0 Å². The Morgan fingerprint density at radius 2 is 2.11 bits per heavy atom. The molecule has 2 aliphatic heterocycles. The maximum atomic E-state index is 13.3. The van der Waals surface area contributed by atoms with Gasteiger partial charge in [-0.05, 0) is 36.8 Å². The number of urea groups is 1. The van der Waals surface area contributed by atoms with Crippen LogP contribution in [0.3, 0.4) is 0 Å². The molecule has 1 atom stereocenters. The summed E-state index contributed by atoms with van der Waals surface area (Å²) in [6, 6.07) is 7.75. The molecule has 6 rings (SSSR count). The fourth-order valence-corrected chi connectivity index (χ4v) is 5.48. The van der Waals surface area contributed by atoms with Crippen molar-refractivity contribution < 1.29 is 19.1 Å². The predicted octanol–water partition coefficient (Wildman–Crippen LogP) is 3.47. The number of nitrogens with zero attached hydrogens (tertiary/aromatic N) is 6. The van der Waals surface area contributed by atoms with Gasteiger partial charge in [0.25, 0.3) is 5.91 Å². The number of anilines is 3. The van der Waals surface area contributed by atoms with Crippen LogP contribution in [0.15, 0.2) is 61.6 Å². The second-order valence-electron chi connectivity index (χ2n) is 8.55. The molecule has 38 heavy (non-hydrogen) atoms. The Morgan fingerprint density at radius 1 is 1.21 bits per heavy atom. The van der Waals surface area contributed by atoms with Crippen molar-refractivity contribution in [3.05, 3.63) is 66.5 Å². The number of carbonyl (C=O) groups is 3. The second kappa shape index (κ2) is 9.52. The van der Waals surface area contributed by atoms with E-state index in [9.17, 15) is 14.4 Å². The van der Waals surface area contributed by atoms with Crippen LogP contribution >= 0.6 is 11.3 Å². The molecule has 0 aliphatic carbocycles. The molecule has 1 fully saturated rings. The monoisotopic (exact) mass is 528 g/mol. The number of ether oxygens (including phenoxy) is 1. The Balaban J connectivity index is 1.27. The molecule has 0 spiro atoms. The fourth-order valence-electron chi connectivity index (χ4n) is 4.46. The molecule has 0 saturated carbocycles. The van der Waals surface area contributed by atoms with Gasteiger partial charge in [0.05, 0.1) is 23.0 Å². The number of pyridine rings is 2. The number of thiophene rings is 1. The Kier molecular flexibility index (Phi) is 5.88. The topological polar surface area (TPSA) is 143 Å².